The first-order valence-corrected chi connectivity index (χ1v) is 7.23. The van der Waals surface area contributed by atoms with Gasteiger partial charge in [-0.05, 0) is 0 Å². The summed E-state index contributed by atoms with van der Waals surface area (Å²) >= 11 is 0. The van der Waals surface area contributed by atoms with Gasteiger partial charge in [-0.25, -0.2) is 23.3 Å². The zero-order chi connectivity index (χ0) is 13.4. The van der Waals surface area contributed by atoms with Gasteiger partial charge in [0.15, 0.2) is 0 Å². The maximum Gasteiger partial charge on any atom is 2.00 e. The number of allylic oxidation sites excluding steroid dienone is 8. The van der Waals surface area contributed by atoms with Gasteiger partial charge in [0.25, 0.3) is 0 Å². The molecule has 0 heterocycles. The molecule has 2 rings (SSSR count). The Morgan fingerprint density at radius 2 is 1.26 bits per heavy atom. The van der Waals surface area contributed by atoms with Crippen molar-refractivity contribution >= 4 is 0 Å². The predicted molar refractivity (Wildman–Crippen MR) is 79.9 cm³/mol. The van der Waals surface area contributed by atoms with E-state index in [0.717, 1.165) is 12.8 Å². The third kappa shape index (κ3) is 6.50. The second kappa shape index (κ2) is 10.3. The Hall–Kier alpha value is -0.456. The average molecular weight is 293 g/mol. The first kappa shape index (κ1) is 18.5. The molecule has 0 aromatic heterocycles. The van der Waals surface area contributed by atoms with E-state index in [2.05, 4.69) is 64.2 Å². The molecule has 2 aliphatic carbocycles. The van der Waals surface area contributed by atoms with Crippen molar-refractivity contribution in [2.24, 2.45) is 11.8 Å². The zero-order valence-corrected chi connectivity index (χ0v) is 14.1. The Balaban J connectivity index is 0.000000324. The smallest absolute Gasteiger partial charge is 0.269 e. The van der Waals surface area contributed by atoms with Gasteiger partial charge in [0.1, 0.15) is 0 Å². The molecule has 0 nitrogen and oxygen atoms in total. The van der Waals surface area contributed by atoms with Gasteiger partial charge in [-0.1, -0.05) is 52.4 Å². The Bertz CT molecular complexity index is 322. The number of rotatable bonds is 4. The second-order valence-corrected chi connectivity index (χ2v) is 5.10. The molecule has 0 aliphatic heterocycles. The summed E-state index contributed by atoms with van der Waals surface area (Å²) < 4.78 is 0. The predicted octanol–water partition coefficient (Wildman–Crippen LogP) is 5.44. The topological polar surface area (TPSA) is 0 Å². The van der Waals surface area contributed by atoms with Gasteiger partial charge in [-0.3, -0.25) is 12.2 Å². The van der Waals surface area contributed by atoms with Crippen LogP contribution in [-0.4, -0.2) is 0 Å². The molecule has 103 valence electrons. The quantitative estimate of drug-likeness (QED) is 0.605. The monoisotopic (exact) mass is 293 g/mol. The van der Waals surface area contributed by atoms with Gasteiger partial charge in [0.05, 0.1) is 0 Å². The van der Waals surface area contributed by atoms with Crippen molar-refractivity contribution in [3.05, 3.63) is 47.6 Å². The molecule has 2 unspecified atom stereocenters. The van der Waals surface area contributed by atoms with Gasteiger partial charge >= 0.3 is 18.6 Å². The summed E-state index contributed by atoms with van der Waals surface area (Å²) in [6, 6.07) is 0. The van der Waals surface area contributed by atoms with Crippen LogP contribution in [0.3, 0.4) is 0 Å². The van der Waals surface area contributed by atoms with Crippen LogP contribution in [-0.2, 0) is 18.6 Å². The molecule has 0 aromatic carbocycles. The molecule has 0 saturated carbocycles. The average Bonchev–Trinajstić information content (AvgIpc) is 3.09. The minimum Gasteiger partial charge on any atom is -0.269 e. The van der Waals surface area contributed by atoms with Crippen LogP contribution in [0.2, 0.25) is 0 Å². The van der Waals surface area contributed by atoms with Crippen molar-refractivity contribution in [3.8, 4) is 0 Å². The normalized spacial score (nSPS) is 18.9. The third-order valence-electron chi connectivity index (χ3n) is 3.73. The van der Waals surface area contributed by atoms with Crippen LogP contribution < -0.4 is 0 Å². The summed E-state index contributed by atoms with van der Waals surface area (Å²) in [5.74, 6) is 1.42. The van der Waals surface area contributed by atoms with Gasteiger partial charge < -0.3 is 0 Å². The molecule has 0 aromatic rings. The van der Waals surface area contributed by atoms with Crippen LogP contribution in [0.25, 0.3) is 0 Å². The van der Waals surface area contributed by atoms with E-state index in [0.29, 0.717) is 11.8 Å². The fraction of sp³-hybridized carbons (Fsp3) is 0.556. The minimum atomic E-state index is 0. The molecular weight excluding hydrogens is 267 g/mol. The first-order valence-electron chi connectivity index (χ1n) is 7.23. The first-order chi connectivity index (χ1) is 8.69. The summed E-state index contributed by atoms with van der Waals surface area (Å²) in [6.07, 6.45) is 19.9. The van der Waals surface area contributed by atoms with E-state index in [1.807, 2.05) is 0 Å². The maximum absolute atomic E-state index is 3.31. The molecule has 2 aliphatic rings. The summed E-state index contributed by atoms with van der Waals surface area (Å²) in [6.45, 7) is 8.92. The molecule has 2 atom stereocenters. The SMILES string of the molecule is CCC(C)C1=[C-]CC=C1.CCC(C)C1=[C-]CC=C1.[V+2]. The molecule has 0 amide bonds. The Kier molecular flexibility index (Phi) is 10.1. The van der Waals surface area contributed by atoms with Gasteiger partial charge in [0, 0.05) is 0 Å². The molecule has 0 saturated heterocycles. The van der Waals surface area contributed by atoms with Crippen LogP contribution in [0.1, 0.15) is 53.4 Å². The Labute approximate surface area is 131 Å². The van der Waals surface area contributed by atoms with E-state index in [4.69, 9.17) is 0 Å². The van der Waals surface area contributed by atoms with Gasteiger partial charge in [0.2, 0.25) is 0 Å². The van der Waals surface area contributed by atoms with Gasteiger partial charge in [-0.15, -0.1) is 12.8 Å². The third-order valence-corrected chi connectivity index (χ3v) is 3.73. The molecule has 19 heavy (non-hydrogen) atoms. The standard InChI is InChI=1S/2C9H13.V/c2*1-3-8(2)9-6-4-5-7-9;/h2*4,6,8H,3,5H2,1-2H3;/q2*-1;+2. The van der Waals surface area contributed by atoms with Crippen LogP contribution in [0.15, 0.2) is 35.5 Å². The molecule has 1 heteroatoms. The molecule has 0 N–H and O–H groups in total. The van der Waals surface area contributed by atoms with Crippen molar-refractivity contribution in [2.45, 2.75) is 53.4 Å². The summed E-state index contributed by atoms with van der Waals surface area (Å²) in [7, 11) is 0. The second-order valence-electron chi connectivity index (χ2n) is 5.10. The fourth-order valence-corrected chi connectivity index (χ4v) is 1.96. The van der Waals surface area contributed by atoms with Crippen molar-refractivity contribution in [3.63, 3.8) is 0 Å². The molecular formula is C18H26V. The largest absolute Gasteiger partial charge is 2.00 e. The molecule has 0 spiro atoms. The summed E-state index contributed by atoms with van der Waals surface area (Å²) in [4.78, 5) is 0. The van der Waals surface area contributed by atoms with Crippen LogP contribution in [0, 0.1) is 24.0 Å². The van der Waals surface area contributed by atoms with Crippen LogP contribution in [0.4, 0.5) is 0 Å². The van der Waals surface area contributed by atoms with E-state index in [9.17, 15) is 0 Å². The van der Waals surface area contributed by atoms with Gasteiger partial charge in [-0.2, -0.15) is 12.2 Å². The zero-order valence-electron chi connectivity index (χ0n) is 12.7. The van der Waals surface area contributed by atoms with Crippen molar-refractivity contribution in [1.82, 2.24) is 0 Å². The van der Waals surface area contributed by atoms with Crippen molar-refractivity contribution < 1.29 is 18.6 Å². The number of hydrogen-bond donors (Lipinski definition) is 0. The Morgan fingerprint density at radius 1 is 0.895 bits per heavy atom. The van der Waals surface area contributed by atoms with Crippen LogP contribution in [0.5, 0.6) is 0 Å². The van der Waals surface area contributed by atoms with Crippen molar-refractivity contribution in [1.29, 1.82) is 0 Å². The fourth-order valence-electron chi connectivity index (χ4n) is 1.96. The van der Waals surface area contributed by atoms with Crippen LogP contribution >= 0.6 is 0 Å². The van der Waals surface area contributed by atoms with Crippen molar-refractivity contribution in [2.75, 3.05) is 0 Å². The Morgan fingerprint density at radius 3 is 1.47 bits per heavy atom. The molecule has 0 fully saturated rings. The minimum absolute atomic E-state index is 0. The van der Waals surface area contributed by atoms with E-state index >= 15 is 0 Å². The summed E-state index contributed by atoms with van der Waals surface area (Å²) in [5.41, 5.74) is 2.80. The number of hydrogen-bond acceptors (Lipinski definition) is 0. The summed E-state index contributed by atoms with van der Waals surface area (Å²) in [5, 5.41) is 0. The maximum atomic E-state index is 3.31. The van der Waals surface area contributed by atoms with E-state index in [-0.39, 0.29) is 18.6 Å². The van der Waals surface area contributed by atoms with E-state index in [1.54, 1.807) is 0 Å². The molecule has 0 bridgehead atoms. The van der Waals surface area contributed by atoms with E-state index < -0.39 is 0 Å². The van der Waals surface area contributed by atoms with E-state index in [1.165, 1.54) is 24.0 Å². The molecule has 1 radical (unpaired) electrons.